The van der Waals surface area contributed by atoms with Gasteiger partial charge in [-0.3, -0.25) is 19.7 Å². The Hall–Kier alpha value is -3.46. The molecule has 0 saturated carbocycles. The number of nitrogens with zero attached hydrogens (tertiary/aromatic N) is 2. The monoisotopic (exact) mass is 404 g/mol. The van der Waals surface area contributed by atoms with Crippen molar-refractivity contribution in [2.75, 3.05) is 5.32 Å². The van der Waals surface area contributed by atoms with E-state index in [-0.39, 0.29) is 34.1 Å². The van der Waals surface area contributed by atoms with Gasteiger partial charge in [0.2, 0.25) is 5.91 Å². The molecule has 9 nitrogen and oxygen atoms in total. The first-order valence-electron chi connectivity index (χ1n) is 8.05. The number of nitro groups is 1. The van der Waals surface area contributed by atoms with E-state index in [0.29, 0.717) is 11.3 Å². The summed E-state index contributed by atoms with van der Waals surface area (Å²) in [4.78, 5) is 34.4. The third-order valence-electron chi connectivity index (χ3n) is 3.67. The van der Waals surface area contributed by atoms with E-state index in [9.17, 15) is 24.8 Å². The Bertz CT molecular complexity index is 974. The van der Waals surface area contributed by atoms with E-state index >= 15 is 0 Å². The van der Waals surface area contributed by atoms with Crippen LogP contribution in [0, 0.1) is 17.0 Å². The fourth-order valence-corrected chi connectivity index (χ4v) is 2.44. The van der Waals surface area contributed by atoms with Crippen molar-refractivity contribution in [2.24, 2.45) is 5.10 Å². The normalized spacial score (nSPS) is 11.0. The number of hydrogen-bond acceptors (Lipinski definition) is 6. The van der Waals surface area contributed by atoms with Crippen molar-refractivity contribution in [2.45, 2.75) is 20.3 Å². The average molecular weight is 405 g/mol. The number of carbonyl (C=O) groups excluding carboxylic acids is 2. The van der Waals surface area contributed by atoms with E-state index in [1.165, 1.54) is 25.1 Å². The predicted octanol–water partition coefficient (Wildman–Crippen LogP) is 3.40. The molecule has 0 aliphatic carbocycles. The number of rotatable bonds is 6. The molecule has 0 aliphatic rings. The van der Waals surface area contributed by atoms with Crippen molar-refractivity contribution in [3.05, 3.63) is 62.7 Å². The molecular formula is C18H17ClN4O5. The van der Waals surface area contributed by atoms with Crippen LogP contribution in [-0.4, -0.2) is 27.6 Å². The van der Waals surface area contributed by atoms with Gasteiger partial charge in [0.25, 0.3) is 11.6 Å². The van der Waals surface area contributed by atoms with Crippen LogP contribution in [0.25, 0.3) is 0 Å². The third-order valence-corrected chi connectivity index (χ3v) is 3.99. The first kappa shape index (κ1) is 20.8. The van der Waals surface area contributed by atoms with E-state index in [4.69, 9.17) is 11.6 Å². The number of aromatic hydroxyl groups is 1. The Morgan fingerprint density at radius 2 is 2.00 bits per heavy atom. The van der Waals surface area contributed by atoms with Crippen LogP contribution in [-0.2, 0) is 4.79 Å². The summed E-state index contributed by atoms with van der Waals surface area (Å²) in [5, 5.41) is 27.1. The van der Waals surface area contributed by atoms with E-state index in [0.717, 1.165) is 6.07 Å². The Kier molecular flexibility index (Phi) is 6.67. The summed E-state index contributed by atoms with van der Waals surface area (Å²) in [6.07, 6.45) is -0.156. The lowest BCUT2D eigenvalue weighted by Gasteiger charge is -2.07. The zero-order chi connectivity index (χ0) is 20.8. The van der Waals surface area contributed by atoms with Crippen LogP contribution in [0.3, 0.4) is 0 Å². The predicted molar refractivity (Wildman–Crippen MR) is 105 cm³/mol. The van der Waals surface area contributed by atoms with E-state index in [2.05, 4.69) is 15.8 Å². The van der Waals surface area contributed by atoms with Gasteiger partial charge in [-0.05, 0) is 37.6 Å². The summed E-state index contributed by atoms with van der Waals surface area (Å²) in [6.45, 7) is 3.19. The van der Waals surface area contributed by atoms with Crippen molar-refractivity contribution in [1.82, 2.24) is 5.43 Å². The molecule has 0 spiro atoms. The quantitative estimate of drug-likeness (QED) is 0.385. The molecule has 0 fully saturated rings. The van der Waals surface area contributed by atoms with E-state index in [1.807, 2.05) is 0 Å². The van der Waals surface area contributed by atoms with Gasteiger partial charge in [-0.25, -0.2) is 5.43 Å². The number of hydrazone groups is 1. The SMILES string of the molecule is CC(CC(=O)Nc1ccc(Cl)c([N+](=O)[O-])c1)=NNC(=O)c1cccc(C)c1O. The lowest BCUT2D eigenvalue weighted by atomic mass is 10.1. The largest absolute Gasteiger partial charge is 0.507 e. The number of aryl methyl sites for hydroxylation is 1. The maximum absolute atomic E-state index is 12.1. The number of phenolic OH excluding ortho intramolecular Hbond substituents is 1. The number of carbonyl (C=O) groups is 2. The highest BCUT2D eigenvalue weighted by atomic mass is 35.5. The van der Waals surface area contributed by atoms with E-state index < -0.39 is 16.7 Å². The molecule has 0 radical (unpaired) electrons. The second-order valence-corrected chi connectivity index (χ2v) is 6.31. The van der Waals surface area contributed by atoms with Gasteiger partial charge < -0.3 is 10.4 Å². The number of hydrogen-bond donors (Lipinski definition) is 3. The van der Waals surface area contributed by atoms with Crippen molar-refractivity contribution < 1.29 is 19.6 Å². The third kappa shape index (κ3) is 5.27. The summed E-state index contributed by atoms with van der Waals surface area (Å²) >= 11 is 5.72. The Morgan fingerprint density at radius 1 is 1.29 bits per heavy atom. The van der Waals surface area contributed by atoms with Gasteiger partial charge >= 0.3 is 0 Å². The molecule has 2 amide bonds. The minimum Gasteiger partial charge on any atom is -0.507 e. The van der Waals surface area contributed by atoms with Gasteiger partial charge in [-0.2, -0.15) is 5.10 Å². The van der Waals surface area contributed by atoms with Crippen LogP contribution in [0.5, 0.6) is 5.75 Å². The van der Waals surface area contributed by atoms with Crippen LogP contribution < -0.4 is 10.7 Å². The average Bonchev–Trinajstić information content (AvgIpc) is 2.63. The van der Waals surface area contributed by atoms with Gasteiger partial charge in [0, 0.05) is 17.5 Å². The molecule has 10 heteroatoms. The number of phenols is 1. The number of benzene rings is 2. The molecule has 2 aromatic rings. The fourth-order valence-electron chi connectivity index (χ4n) is 2.26. The molecule has 2 rings (SSSR count). The molecule has 146 valence electrons. The molecule has 2 aromatic carbocycles. The van der Waals surface area contributed by atoms with Crippen LogP contribution >= 0.6 is 11.6 Å². The van der Waals surface area contributed by atoms with Crippen molar-refractivity contribution in [3.63, 3.8) is 0 Å². The molecule has 0 unspecified atom stereocenters. The Labute approximate surface area is 165 Å². The molecule has 0 saturated heterocycles. The number of nitro benzene ring substituents is 1. The maximum atomic E-state index is 12.1. The number of nitrogens with one attached hydrogen (secondary N) is 2. The second-order valence-electron chi connectivity index (χ2n) is 5.91. The summed E-state index contributed by atoms with van der Waals surface area (Å²) in [5.41, 5.74) is 3.06. The molecule has 3 N–H and O–H groups in total. The molecular weight excluding hydrogens is 388 g/mol. The molecule has 0 atom stereocenters. The molecule has 28 heavy (non-hydrogen) atoms. The summed E-state index contributed by atoms with van der Waals surface area (Å²) in [7, 11) is 0. The summed E-state index contributed by atoms with van der Waals surface area (Å²) < 4.78 is 0. The van der Waals surface area contributed by atoms with Crippen molar-refractivity contribution in [3.8, 4) is 5.75 Å². The van der Waals surface area contributed by atoms with Crippen LogP contribution in [0.2, 0.25) is 5.02 Å². The summed E-state index contributed by atoms with van der Waals surface area (Å²) in [6, 6.07) is 8.62. The zero-order valence-corrected chi connectivity index (χ0v) is 15.8. The lowest BCUT2D eigenvalue weighted by molar-refractivity contribution is -0.384. The number of anilines is 1. The standard InChI is InChI=1S/C18H17ClN4O5/c1-10-4-3-5-13(17(10)25)18(26)22-21-11(2)8-16(24)20-12-6-7-14(19)15(9-12)23(27)28/h3-7,9,25H,8H2,1-2H3,(H,20,24)(H,22,26). The van der Waals surface area contributed by atoms with Crippen LogP contribution in [0.4, 0.5) is 11.4 Å². The van der Waals surface area contributed by atoms with Crippen molar-refractivity contribution in [1.29, 1.82) is 0 Å². The highest BCUT2D eigenvalue weighted by Crippen LogP contribution is 2.27. The smallest absolute Gasteiger partial charge is 0.289 e. The summed E-state index contributed by atoms with van der Waals surface area (Å²) in [5.74, 6) is -1.24. The van der Waals surface area contributed by atoms with Gasteiger partial charge in [0.1, 0.15) is 10.8 Å². The molecule has 0 aromatic heterocycles. The first-order chi connectivity index (χ1) is 13.2. The molecule has 0 aliphatic heterocycles. The molecule has 0 bridgehead atoms. The zero-order valence-electron chi connectivity index (χ0n) is 15.0. The van der Waals surface area contributed by atoms with Crippen LogP contribution in [0.1, 0.15) is 29.3 Å². The number of para-hydroxylation sites is 1. The number of halogens is 1. The maximum Gasteiger partial charge on any atom is 0.289 e. The highest BCUT2D eigenvalue weighted by Gasteiger charge is 2.15. The van der Waals surface area contributed by atoms with Gasteiger partial charge in [-0.15, -0.1) is 0 Å². The minimum absolute atomic E-state index is 0.0390. The Morgan fingerprint density at radius 3 is 2.68 bits per heavy atom. The van der Waals surface area contributed by atoms with Gasteiger partial charge in [0.05, 0.1) is 16.9 Å². The minimum atomic E-state index is -0.652. The lowest BCUT2D eigenvalue weighted by Crippen LogP contribution is -2.21. The number of amides is 2. The first-order valence-corrected chi connectivity index (χ1v) is 8.42. The molecule has 0 heterocycles. The van der Waals surface area contributed by atoms with E-state index in [1.54, 1.807) is 19.1 Å². The topological polar surface area (TPSA) is 134 Å². The van der Waals surface area contributed by atoms with Gasteiger partial charge in [-0.1, -0.05) is 23.7 Å². The van der Waals surface area contributed by atoms with Crippen molar-refractivity contribution >= 4 is 40.5 Å². The van der Waals surface area contributed by atoms with Gasteiger partial charge in [0.15, 0.2) is 0 Å². The fraction of sp³-hybridized carbons (Fsp3) is 0.167. The Balaban J connectivity index is 1.98. The van der Waals surface area contributed by atoms with Crippen LogP contribution in [0.15, 0.2) is 41.5 Å². The highest BCUT2D eigenvalue weighted by molar-refractivity contribution is 6.32. The second kappa shape index (κ2) is 8.96.